The van der Waals surface area contributed by atoms with Gasteiger partial charge >= 0.3 is 5.69 Å². The van der Waals surface area contributed by atoms with Crippen molar-refractivity contribution in [1.82, 2.24) is 9.55 Å². The minimum absolute atomic E-state index is 0.0700. The summed E-state index contributed by atoms with van der Waals surface area (Å²) in [6, 6.07) is 1.36. The van der Waals surface area contributed by atoms with Crippen LogP contribution >= 0.6 is 0 Å². The first kappa shape index (κ1) is 15.6. The fraction of sp³-hybridized carbons (Fsp3) is 0.583. The summed E-state index contributed by atoms with van der Waals surface area (Å²) in [5, 5.41) is 31.6. The standard InChI is InChI=1S/C12H17N3O6/c1-6(17)13-8-3-4-15(11(19)14-8)10-12(2,20)9(18)7(5-16)21-10/h3-4,7,9-10,16,18,20H,5H2,1-2H3,(H,13,14,17,19)/t7-,9-,10-,12-/m1/s1. The second kappa shape index (κ2) is 5.53. The zero-order chi connectivity index (χ0) is 15.8. The fourth-order valence-corrected chi connectivity index (χ4v) is 2.23. The van der Waals surface area contributed by atoms with Crippen molar-refractivity contribution in [3.63, 3.8) is 0 Å². The lowest BCUT2D eigenvalue weighted by molar-refractivity contribution is -0.114. The van der Waals surface area contributed by atoms with Gasteiger partial charge in [-0.2, -0.15) is 4.98 Å². The predicted octanol–water partition coefficient (Wildman–Crippen LogP) is -1.80. The van der Waals surface area contributed by atoms with Gasteiger partial charge in [0.1, 0.15) is 23.6 Å². The Balaban J connectivity index is 2.34. The number of hydrogen-bond acceptors (Lipinski definition) is 7. The molecule has 1 aromatic rings. The number of rotatable bonds is 3. The van der Waals surface area contributed by atoms with Gasteiger partial charge in [-0.25, -0.2) is 4.79 Å². The number of amides is 1. The fourth-order valence-electron chi connectivity index (χ4n) is 2.23. The molecule has 1 amide bonds. The third-order valence-corrected chi connectivity index (χ3v) is 3.32. The zero-order valence-corrected chi connectivity index (χ0v) is 11.6. The Kier molecular flexibility index (Phi) is 4.10. The Morgan fingerprint density at radius 3 is 2.76 bits per heavy atom. The van der Waals surface area contributed by atoms with Crippen molar-refractivity contribution in [3.8, 4) is 0 Å². The summed E-state index contributed by atoms with van der Waals surface area (Å²) < 4.78 is 6.30. The summed E-state index contributed by atoms with van der Waals surface area (Å²) in [7, 11) is 0. The van der Waals surface area contributed by atoms with E-state index in [0.717, 1.165) is 4.57 Å². The molecule has 4 atom stereocenters. The first-order valence-electron chi connectivity index (χ1n) is 6.31. The smallest absolute Gasteiger partial charge is 0.351 e. The van der Waals surface area contributed by atoms with Gasteiger partial charge in [-0.1, -0.05) is 0 Å². The van der Waals surface area contributed by atoms with E-state index in [9.17, 15) is 19.8 Å². The van der Waals surface area contributed by atoms with Crippen molar-refractivity contribution in [1.29, 1.82) is 0 Å². The summed E-state index contributed by atoms with van der Waals surface area (Å²) in [6.45, 7) is 2.08. The Labute approximate surface area is 119 Å². The highest BCUT2D eigenvalue weighted by Gasteiger charge is 2.53. The highest BCUT2D eigenvalue weighted by molar-refractivity contribution is 5.87. The van der Waals surface area contributed by atoms with Gasteiger partial charge in [-0.3, -0.25) is 9.36 Å². The van der Waals surface area contributed by atoms with Crippen LogP contribution in [0.15, 0.2) is 17.1 Å². The molecule has 116 valence electrons. The number of nitrogens with one attached hydrogen (secondary N) is 1. The van der Waals surface area contributed by atoms with Crippen molar-refractivity contribution in [2.24, 2.45) is 0 Å². The van der Waals surface area contributed by atoms with Crippen LogP contribution < -0.4 is 11.0 Å². The van der Waals surface area contributed by atoms with Crippen LogP contribution in [0, 0.1) is 0 Å². The van der Waals surface area contributed by atoms with Crippen molar-refractivity contribution in [2.75, 3.05) is 11.9 Å². The normalized spacial score (nSPS) is 32.1. The largest absolute Gasteiger partial charge is 0.394 e. The molecule has 9 nitrogen and oxygen atoms in total. The second-order valence-electron chi connectivity index (χ2n) is 5.06. The Bertz CT molecular complexity index is 599. The number of nitrogens with zero attached hydrogens (tertiary/aromatic N) is 2. The van der Waals surface area contributed by atoms with E-state index in [1.165, 1.54) is 26.1 Å². The molecule has 9 heteroatoms. The van der Waals surface area contributed by atoms with Crippen LogP contribution in [0.5, 0.6) is 0 Å². The molecule has 2 heterocycles. The van der Waals surface area contributed by atoms with Crippen molar-refractivity contribution in [2.45, 2.75) is 37.9 Å². The highest BCUT2D eigenvalue weighted by Crippen LogP contribution is 2.37. The average molecular weight is 299 g/mol. The van der Waals surface area contributed by atoms with E-state index < -0.39 is 36.3 Å². The summed E-state index contributed by atoms with van der Waals surface area (Å²) in [5.41, 5.74) is -2.54. The predicted molar refractivity (Wildman–Crippen MR) is 70.4 cm³/mol. The zero-order valence-electron chi connectivity index (χ0n) is 11.6. The van der Waals surface area contributed by atoms with Crippen LogP contribution in [0.3, 0.4) is 0 Å². The van der Waals surface area contributed by atoms with Crippen molar-refractivity contribution >= 4 is 11.7 Å². The van der Waals surface area contributed by atoms with E-state index in [1.807, 2.05) is 0 Å². The number of aliphatic hydroxyl groups excluding tert-OH is 2. The Morgan fingerprint density at radius 1 is 1.62 bits per heavy atom. The van der Waals surface area contributed by atoms with Crippen LogP contribution in [-0.2, 0) is 9.53 Å². The van der Waals surface area contributed by atoms with E-state index in [4.69, 9.17) is 9.84 Å². The topological polar surface area (TPSA) is 134 Å². The summed E-state index contributed by atoms with van der Waals surface area (Å²) in [5.74, 6) is -0.305. The highest BCUT2D eigenvalue weighted by atomic mass is 16.6. The second-order valence-corrected chi connectivity index (χ2v) is 5.06. The van der Waals surface area contributed by atoms with Gasteiger partial charge in [0.05, 0.1) is 6.61 Å². The van der Waals surface area contributed by atoms with Gasteiger partial charge in [0.25, 0.3) is 0 Å². The molecule has 4 N–H and O–H groups in total. The Hall–Kier alpha value is -1.81. The molecule has 1 aliphatic heterocycles. The molecule has 0 radical (unpaired) electrons. The molecular weight excluding hydrogens is 282 g/mol. The SMILES string of the molecule is CC(=O)Nc1ccn([C@@H]2O[C@H](CO)[C@@H](O)[C@@]2(C)O)c(=O)n1. The summed E-state index contributed by atoms with van der Waals surface area (Å²) in [4.78, 5) is 26.5. The lowest BCUT2D eigenvalue weighted by Crippen LogP contribution is -2.46. The van der Waals surface area contributed by atoms with Crippen LogP contribution in [0.4, 0.5) is 5.82 Å². The summed E-state index contributed by atoms with van der Waals surface area (Å²) >= 11 is 0. The van der Waals surface area contributed by atoms with E-state index in [-0.39, 0.29) is 11.7 Å². The van der Waals surface area contributed by atoms with Gasteiger partial charge in [0.2, 0.25) is 5.91 Å². The first-order chi connectivity index (χ1) is 9.77. The minimum Gasteiger partial charge on any atom is -0.394 e. The molecule has 1 fully saturated rings. The monoisotopic (exact) mass is 299 g/mol. The van der Waals surface area contributed by atoms with Gasteiger partial charge < -0.3 is 25.4 Å². The number of anilines is 1. The maximum Gasteiger partial charge on any atom is 0.351 e. The molecule has 1 aromatic heterocycles. The van der Waals surface area contributed by atoms with Gasteiger partial charge in [0, 0.05) is 13.1 Å². The minimum atomic E-state index is -1.77. The third kappa shape index (κ3) is 2.81. The van der Waals surface area contributed by atoms with Gasteiger partial charge in [-0.15, -0.1) is 0 Å². The third-order valence-electron chi connectivity index (χ3n) is 3.32. The quantitative estimate of drug-likeness (QED) is 0.517. The maximum absolute atomic E-state index is 12.0. The number of hydrogen-bond donors (Lipinski definition) is 4. The van der Waals surface area contributed by atoms with Gasteiger partial charge in [-0.05, 0) is 13.0 Å². The first-order valence-corrected chi connectivity index (χ1v) is 6.31. The molecule has 1 saturated heterocycles. The maximum atomic E-state index is 12.0. The molecule has 0 bridgehead atoms. The van der Waals surface area contributed by atoms with Crippen molar-refractivity contribution in [3.05, 3.63) is 22.7 Å². The van der Waals surface area contributed by atoms with Gasteiger partial charge in [0.15, 0.2) is 6.23 Å². The summed E-state index contributed by atoms with van der Waals surface area (Å²) in [6.07, 6.45) is -2.27. The van der Waals surface area contributed by atoms with E-state index in [1.54, 1.807) is 0 Å². The molecule has 1 aliphatic rings. The molecule has 0 spiro atoms. The number of aromatic nitrogens is 2. The number of aliphatic hydroxyl groups is 3. The molecule has 0 aromatic carbocycles. The molecule has 0 aliphatic carbocycles. The molecule has 0 saturated carbocycles. The van der Waals surface area contributed by atoms with E-state index in [0.29, 0.717) is 0 Å². The van der Waals surface area contributed by atoms with Crippen LogP contribution in [0.2, 0.25) is 0 Å². The van der Waals surface area contributed by atoms with E-state index >= 15 is 0 Å². The molecule has 2 rings (SSSR count). The Morgan fingerprint density at radius 2 is 2.29 bits per heavy atom. The van der Waals surface area contributed by atoms with Crippen LogP contribution in [0.25, 0.3) is 0 Å². The molecule has 21 heavy (non-hydrogen) atoms. The molecule has 0 unspecified atom stereocenters. The lowest BCUT2D eigenvalue weighted by Gasteiger charge is -2.27. The number of carbonyl (C=O) groups is 1. The molecular formula is C12H17N3O6. The average Bonchev–Trinajstić information content (AvgIpc) is 2.61. The lowest BCUT2D eigenvalue weighted by atomic mass is 9.96. The van der Waals surface area contributed by atoms with Crippen LogP contribution in [0.1, 0.15) is 20.1 Å². The number of ether oxygens (including phenoxy) is 1. The van der Waals surface area contributed by atoms with Crippen molar-refractivity contribution < 1.29 is 24.9 Å². The number of carbonyl (C=O) groups excluding carboxylic acids is 1. The van der Waals surface area contributed by atoms with Crippen LogP contribution in [-0.4, -0.2) is 55.2 Å². The van der Waals surface area contributed by atoms with E-state index in [2.05, 4.69) is 10.3 Å².